The number of hydrogen-bond acceptors (Lipinski definition) is 7. The second kappa shape index (κ2) is 11.8. The van der Waals surface area contributed by atoms with Crippen molar-refractivity contribution in [3.63, 3.8) is 0 Å². The van der Waals surface area contributed by atoms with Gasteiger partial charge in [-0.05, 0) is 12.3 Å². The maximum atomic E-state index is 10.6. The number of alkyl halides is 6. The Balaban J connectivity index is 0.000000257. The smallest absolute Gasteiger partial charge is 0.475 e. The number of fused-ring (bicyclic) bond motifs is 2. The van der Waals surface area contributed by atoms with Crippen molar-refractivity contribution in [2.75, 3.05) is 19.6 Å². The highest BCUT2D eigenvalue weighted by Crippen LogP contribution is 2.31. The van der Waals surface area contributed by atoms with Gasteiger partial charge in [0.1, 0.15) is 5.01 Å². The molecular formula is C19H23F6N5O4S. The van der Waals surface area contributed by atoms with Gasteiger partial charge in [-0.2, -0.15) is 31.4 Å². The van der Waals surface area contributed by atoms with Crippen LogP contribution in [-0.4, -0.2) is 84.7 Å². The van der Waals surface area contributed by atoms with Crippen molar-refractivity contribution >= 4 is 23.3 Å². The Labute approximate surface area is 199 Å². The highest BCUT2D eigenvalue weighted by atomic mass is 32.1. The van der Waals surface area contributed by atoms with Crippen LogP contribution in [0.15, 0.2) is 24.0 Å². The van der Waals surface area contributed by atoms with Crippen LogP contribution in [0.3, 0.4) is 0 Å². The van der Waals surface area contributed by atoms with Gasteiger partial charge in [-0.1, -0.05) is 0 Å². The second-order valence-corrected chi connectivity index (χ2v) is 8.91. The predicted molar refractivity (Wildman–Crippen MR) is 110 cm³/mol. The van der Waals surface area contributed by atoms with E-state index in [0.29, 0.717) is 6.04 Å². The molecule has 2 saturated heterocycles. The number of carboxylic acids is 2. The Morgan fingerprint density at radius 1 is 1.06 bits per heavy atom. The van der Waals surface area contributed by atoms with Crippen molar-refractivity contribution in [3.05, 3.63) is 34.5 Å². The number of carbonyl (C=O) groups is 2. The fourth-order valence-corrected chi connectivity index (χ4v) is 4.44. The summed E-state index contributed by atoms with van der Waals surface area (Å²) in [6, 6.07) is 0.698. The number of rotatable bonds is 4. The molecule has 0 saturated carbocycles. The third kappa shape index (κ3) is 9.45. The largest absolute Gasteiger partial charge is 0.490 e. The van der Waals surface area contributed by atoms with Gasteiger partial charge < -0.3 is 10.2 Å². The number of hydrogen-bond donors (Lipinski definition) is 2. The zero-order valence-electron chi connectivity index (χ0n) is 18.3. The summed E-state index contributed by atoms with van der Waals surface area (Å²) in [5.74, 6) is -4.69. The lowest BCUT2D eigenvalue weighted by molar-refractivity contribution is -0.193. The maximum absolute atomic E-state index is 10.6. The van der Waals surface area contributed by atoms with Gasteiger partial charge in [-0.15, -0.1) is 11.3 Å². The number of aryl methyl sites for hydroxylation is 1. The molecule has 2 unspecified atom stereocenters. The van der Waals surface area contributed by atoms with E-state index in [9.17, 15) is 26.3 Å². The summed E-state index contributed by atoms with van der Waals surface area (Å²) in [7, 11) is 1.99. The van der Waals surface area contributed by atoms with E-state index in [-0.39, 0.29) is 0 Å². The van der Waals surface area contributed by atoms with Crippen LogP contribution in [-0.2, 0) is 29.7 Å². The third-order valence-corrected chi connectivity index (χ3v) is 5.84. The zero-order chi connectivity index (χ0) is 26.4. The van der Waals surface area contributed by atoms with Crippen LogP contribution >= 0.6 is 11.3 Å². The lowest BCUT2D eigenvalue weighted by Crippen LogP contribution is -2.41. The van der Waals surface area contributed by atoms with Gasteiger partial charge in [0.05, 0.1) is 12.7 Å². The molecule has 2 bridgehead atoms. The SMILES string of the molecule is Cn1cc(CN2CC3CC2CN(Cc2nccs2)C3)cn1.O=C(O)C(F)(F)F.O=C(O)C(F)(F)F. The highest BCUT2D eigenvalue weighted by molar-refractivity contribution is 7.09. The molecule has 2 aliphatic heterocycles. The number of aromatic nitrogens is 3. The Hall–Kier alpha value is -2.72. The Bertz CT molecular complexity index is 942. The van der Waals surface area contributed by atoms with Crippen molar-refractivity contribution in [1.82, 2.24) is 24.6 Å². The standard InChI is InChI=1S/C15H21N5S.2C2HF3O2/c1-18-6-13(5-17-18)9-20-8-12-4-14(20)10-19(7-12)11-15-16-2-3-21-15;2*3-2(4,5)1(6)7/h2-3,5-6,12,14H,4,7-11H2,1H3;2*(H,6,7). The molecule has 2 fully saturated rings. The molecule has 0 amide bonds. The molecule has 196 valence electrons. The quantitative estimate of drug-likeness (QED) is 0.580. The Kier molecular flexibility index (Phi) is 9.62. The minimum Gasteiger partial charge on any atom is -0.475 e. The van der Waals surface area contributed by atoms with Gasteiger partial charge in [0.2, 0.25) is 0 Å². The first kappa shape index (κ1) is 28.5. The first-order chi connectivity index (χ1) is 16.1. The number of aliphatic carboxylic acids is 2. The molecule has 16 heteroatoms. The van der Waals surface area contributed by atoms with Crippen LogP contribution in [0.5, 0.6) is 0 Å². The van der Waals surface area contributed by atoms with Crippen molar-refractivity contribution in [3.8, 4) is 0 Å². The molecule has 4 heterocycles. The number of halogens is 6. The van der Waals surface area contributed by atoms with E-state index < -0.39 is 24.3 Å². The fraction of sp³-hybridized carbons (Fsp3) is 0.579. The van der Waals surface area contributed by atoms with Crippen molar-refractivity contribution in [2.24, 2.45) is 13.0 Å². The zero-order valence-corrected chi connectivity index (χ0v) is 19.1. The van der Waals surface area contributed by atoms with Crippen LogP contribution in [0.25, 0.3) is 0 Å². The van der Waals surface area contributed by atoms with E-state index in [0.717, 1.165) is 19.0 Å². The third-order valence-electron chi connectivity index (χ3n) is 5.07. The van der Waals surface area contributed by atoms with Crippen molar-refractivity contribution in [1.29, 1.82) is 0 Å². The van der Waals surface area contributed by atoms with Crippen LogP contribution in [0.4, 0.5) is 26.3 Å². The van der Waals surface area contributed by atoms with E-state index in [2.05, 4.69) is 31.5 Å². The molecule has 2 aromatic heterocycles. The number of nitrogens with zero attached hydrogens (tertiary/aromatic N) is 5. The average Bonchev–Trinajstić information content (AvgIpc) is 3.44. The molecule has 0 aromatic carbocycles. The van der Waals surface area contributed by atoms with E-state index in [1.807, 2.05) is 24.1 Å². The monoisotopic (exact) mass is 531 g/mol. The maximum Gasteiger partial charge on any atom is 0.490 e. The number of piperidine rings is 1. The number of likely N-dealkylation sites (tertiary alicyclic amines) is 2. The van der Waals surface area contributed by atoms with Crippen molar-refractivity contribution < 1.29 is 46.1 Å². The van der Waals surface area contributed by atoms with Gasteiger partial charge in [0, 0.05) is 62.6 Å². The summed E-state index contributed by atoms with van der Waals surface area (Å²) >= 11 is 1.77. The molecule has 0 aliphatic carbocycles. The summed E-state index contributed by atoms with van der Waals surface area (Å²) < 4.78 is 65.4. The summed E-state index contributed by atoms with van der Waals surface area (Å²) in [4.78, 5) is 27.4. The van der Waals surface area contributed by atoms with Crippen LogP contribution < -0.4 is 0 Å². The molecule has 2 aliphatic rings. The molecule has 0 spiro atoms. The van der Waals surface area contributed by atoms with Crippen LogP contribution in [0, 0.1) is 5.92 Å². The summed E-state index contributed by atoms with van der Waals surface area (Å²) in [6.07, 6.45) is -2.77. The van der Waals surface area contributed by atoms with Crippen LogP contribution in [0.2, 0.25) is 0 Å². The molecule has 0 radical (unpaired) electrons. The number of carboxylic acid groups (broad SMARTS) is 2. The van der Waals surface area contributed by atoms with Gasteiger partial charge in [-0.3, -0.25) is 14.5 Å². The van der Waals surface area contributed by atoms with Crippen molar-refractivity contribution in [2.45, 2.75) is 37.9 Å². The van der Waals surface area contributed by atoms with E-state index in [1.165, 1.54) is 36.6 Å². The number of thiazole rings is 1. The van der Waals surface area contributed by atoms with Gasteiger partial charge >= 0.3 is 24.3 Å². The molecule has 2 aromatic rings. The molecule has 35 heavy (non-hydrogen) atoms. The van der Waals surface area contributed by atoms with Gasteiger partial charge in [-0.25, -0.2) is 14.6 Å². The van der Waals surface area contributed by atoms with E-state index in [4.69, 9.17) is 19.8 Å². The van der Waals surface area contributed by atoms with Crippen LogP contribution in [0.1, 0.15) is 17.0 Å². The normalized spacial score (nSPS) is 20.4. The highest BCUT2D eigenvalue weighted by Gasteiger charge is 2.39. The fourth-order valence-electron chi connectivity index (χ4n) is 3.78. The summed E-state index contributed by atoms with van der Waals surface area (Å²) in [6.45, 7) is 5.69. The average molecular weight is 531 g/mol. The van der Waals surface area contributed by atoms with Gasteiger partial charge in [0.15, 0.2) is 0 Å². The first-order valence-electron chi connectivity index (χ1n) is 10.1. The lowest BCUT2D eigenvalue weighted by Gasteiger charge is -2.32. The van der Waals surface area contributed by atoms with Gasteiger partial charge in [0.25, 0.3) is 0 Å². The molecular weight excluding hydrogens is 508 g/mol. The molecule has 9 nitrogen and oxygen atoms in total. The Morgan fingerprint density at radius 2 is 1.66 bits per heavy atom. The minimum absolute atomic E-state index is 0.698. The van der Waals surface area contributed by atoms with E-state index >= 15 is 0 Å². The summed E-state index contributed by atoms with van der Waals surface area (Å²) in [5.41, 5.74) is 1.33. The minimum atomic E-state index is -5.08. The first-order valence-corrected chi connectivity index (χ1v) is 11.0. The molecule has 2 N–H and O–H groups in total. The van der Waals surface area contributed by atoms with E-state index in [1.54, 1.807) is 11.3 Å². The Morgan fingerprint density at radius 3 is 2.11 bits per heavy atom. The molecule has 4 rings (SSSR count). The molecule has 2 atom stereocenters. The second-order valence-electron chi connectivity index (χ2n) is 7.93. The predicted octanol–water partition coefficient (Wildman–Crippen LogP) is 2.85. The lowest BCUT2D eigenvalue weighted by atomic mass is 10.00. The summed E-state index contributed by atoms with van der Waals surface area (Å²) in [5, 5.41) is 21.8. The topological polar surface area (TPSA) is 112 Å².